The van der Waals surface area contributed by atoms with Gasteiger partial charge in [0.1, 0.15) is 17.5 Å². The Bertz CT molecular complexity index is 761. The first-order valence-corrected chi connectivity index (χ1v) is 9.66. The zero-order chi connectivity index (χ0) is 18.0. The molecule has 1 aromatic carbocycles. The summed E-state index contributed by atoms with van der Waals surface area (Å²) in [5.74, 6) is 1.04. The Balaban J connectivity index is 1.59. The average molecular weight is 405 g/mol. The highest BCUT2D eigenvalue weighted by molar-refractivity contribution is 9.10. The van der Waals surface area contributed by atoms with E-state index in [-0.39, 0.29) is 12.0 Å². The number of hydrogen-bond donors (Lipinski definition) is 0. The molecule has 0 radical (unpaired) electrons. The van der Waals surface area contributed by atoms with Crippen molar-refractivity contribution in [3.05, 3.63) is 51.8 Å². The van der Waals surface area contributed by atoms with Gasteiger partial charge in [-0.25, -0.2) is 0 Å². The molecule has 1 aromatic heterocycles. The van der Waals surface area contributed by atoms with Gasteiger partial charge >= 0.3 is 0 Å². The number of hydrogen-bond acceptors (Lipinski definition) is 2. The van der Waals surface area contributed by atoms with Crippen LogP contribution in [-0.2, 0) is 6.54 Å². The van der Waals surface area contributed by atoms with Gasteiger partial charge in [0.05, 0.1) is 0 Å². The van der Waals surface area contributed by atoms with Gasteiger partial charge in [-0.2, -0.15) is 0 Å². The number of rotatable bonds is 4. The van der Waals surface area contributed by atoms with Crippen molar-refractivity contribution in [2.24, 2.45) is 0 Å². The van der Waals surface area contributed by atoms with Crippen molar-refractivity contribution < 1.29 is 9.53 Å². The second kappa shape index (κ2) is 7.65. The van der Waals surface area contributed by atoms with Crippen LogP contribution in [0.3, 0.4) is 0 Å². The van der Waals surface area contributed by atoms with Gasteiger partial charge in [0, 0.05) is 43.1 Å². The van der Waals surface area contributed by atoms with Crippen molar-refractivity contribution in [1.82, 2.24) is 9.47 Å². The van der Waals surface area contributed by atoms with Gasteiger partial charge in [0.25, 0.3) is 5.91 Å². The molecule has 1 aliphatic heterocycles. The Morgan fingerprint density at radius 1 is 1.20 bits per heavy atom. The molecule has 2 heterocycles. The largest absolute Gasteiger partial charge is 0.490 e. The third-order valence-corrected chi connectivity index (χ3v) is 5.37. The van der Waals surface area contributed by atoms with E-state index in [0.29, 0.717) is 0 Å². The predicted molar refractivity (Wildman–Crippen MR) is 103 cm³/mol. The molecule has 0 saturated carbocycles. The summed E-state index contributed by atoms with van der Waals surface area (Å²) in [6.07, 6.45) is 3.87. The Labute approximate surface area is 157 Å². The molecule has 1 amide bonds. The minimum Gasteiger partial charge on any atom is -0.490 e. The highest BCUT2D eigenvalue weighted by Crippen LogP contribution is 2.23. The Hall–Kier alpha value is -1.75. The Morgan fingerprint density at radius 2 is 1.92 bits per heavy atom. The smallest absolute Gasteiger partial charge is 0.270 e. The van der Waals surface area contributed by atoms with Gasteiger partial charge in [-0.3, -0.25) is 4.79 Å². The number of carbonyl (C=O) groups excluding carboxylic acids is 1. The summed E-state index contributed by atoms with van der Waals surface area (Å²) in [7, 11) is 0. The summed E-state index contributed by atoms with van der Waals surface area (Å²) < 4.78 is 9.06. The van der Waals surface area contributed by atoms with Gasteiger partial charge < -0.3 is 14.2 Å². The molecule has 0 aliphatic carbocycles. The lowest BCUT2D eigenvalue weighted by molar-refractivity contribution is 0.0586. The highest BCUT2D eigenvalue weighted by atomic mass is 79.9. The third-order valence-electron chi connectivity index (χ3n) is 4.93. The molecule has 0 atom stereocenters. The normalized spacial score (nSPS) is 15.4. The van der Waals surface area contributed by atoms with E-state index in [4.69, 9.17) is 4.74 Å². The monoisotopic (exact) mass is 404 g/mol. The molecule has 1 aliphatic rings. The minimum absolute atomic E-state index is 0.109. The van der Waals surface area contributed by atoms with E-state index in [1.807, 2.05) is 34.7 Å². The number of aryl methyl sites for hydroxylation is 3. The van der Waals surface area contributed by atoms with Crippen LogP contribution in [-0.4, -0.2) is 34.6 Å². The zero-order valence-corrected chi connectivity index (χ0v) is 16.7. The van der Waals surface area contributed by atoms with Crippen molar-refractivity contribution in [2.75, 3.05) is 13.1 Å². The van der Waals surface area contributed by atoms with E-state index in [9.17, 15) is 4.79 Å². The molecule has 3 rings (SSSR count). The molecule has 25 heavy (non-hydrogen) atoms. The first-order valence-electron chi connectivity index (χ1n) is 8.86. The number of carbonyl (C=O) groups is 1. The van der Waals surface area contributed by atoms with E-state index in [1.165, 1.54) is 11.1 Å². The molecule has 0 unspecified atom stereocenters. The molecule has 5 heteroatoms. The fourth-order valence-corrected chi connectivity index (χ4v) is 3.70. The average Bonchev–Trinajstić information content (AvgIpc) is 2.99. The van der Waals surface area contributed by atoms with Crippen LogP contribution < -0.4 is 4.74 Å². The fraction of sp³-hybridized carbons (Fsp3) is 0.450. The first kappa shape index (κ1) is 18.1. The van der Waals surface area contributed by atoms with Gasteiger partial charge in [-0.05, 0) is 66.0 Å². The van der Waals surface area contributed by atoms with Gasteiger partial charge in [0.15, 0.2) is 0 Å². The van der Waals surface area contributed by atoms with Crippen LogP contribution in [0.2, 0.25) is 0 Å². The molecule has 134 valence electrons. The number of aromatic nitrogens is 1. The predicted octanol–water partition coefficient (Wildman–Crippen LogP) is 4.57. The van der Waals surface area contributed by atoms with Crippen molar-refractivity contribution in [3.63, 3.8) is 0 Å². The number of ether oxygens (including phenoxy) is 1. The Kier molecular flexibility index (Phi) is 5.52. The minimum atomic E-state index is 0.109. The maximum Gasteiger partial charge on any atom is 0.270 e. The quantitative estimate of drug-likeness (QED) is 0.747. The van der Waals surface area contributed by atoms with Crippen LogP contribution >= 0.6 is 15.9 Å². The summed E-state index contributed by atoms with van der Waals surface area (Å²) in [5, 5.41) is 0. The number of benzene rings is 1. The van der Waals surface area contributed by atoms with Crippen LogP contribution in [0.15, 0.2) is 34.9 Å². The summed E-state index contributed by atoms with van der Waals surface area (Å²) in [6, 6.07) is 8.13. The van der Waals surface area contributed by atoms with Gasteiger partial charge in [-0.15, -0.1) is 0 Å². The van der Waals surface area contributed by atoms with Crippen molar-refractivity contribution in [1.29, 1.82) is 0 Å². The number of amides is 1. The zero-order valence-electron chi connectivity index (χ0n) is 15.1. The molecule has 0 bridgehead atoms. The van der Waals surface area contributed by atoms with Gasteiger partial charge in [-0.1, -0.05) is 6.07 Å². The van der Waals surface area contributed by atoms with Crippen molar-refractivity contribution in [3.8, 4) is 5.75 Å². The molecule has 0 spiro atoms. The summed E-state index contributed by atoms with van der Waals surface area (Å²) in [5.41, 5.74) is 3.27. The lowest BCUT2D eigenvalue weighted by Crippen LogP contribution is -2.42. The summed E-state index contributed by atoms with van der Waals surface area (Å²) in [6.45, 7) is 8.52. The number of nitrogens with zero attached hydrogens (tertiary/aromatic N) is 2. The lowest BCUT2D eigenvalue weighted by atomic mass is 10.1. The number of likely N-dealkylation sites (tertiary alicyclic amines) is 1. The second-order valence-electron chi connectivity index (χ2n) is 6.69. The molecule has 4 nitrogen and oxygen atoms in total. The SMILES string of the molecule is CCn1cc(Br)cc1C(=O)N1CCC(Oc2ccc(C)c(C)c2)CC1. The summed E-state index contributed by atoms with van der Waals surface area (Å²) in [4.78, 5) is 14.7. The van der Waals surface area contributed by atoms with E-state index in [0.717, 1.165) is 48.4 Å². The van der Waals surface area contributed by atoms with Crippen LogP contribution in [0.25, 0.3) is 0 Å². The molecule has 2 aromatic rings. The molecule has 1 saturated heterocycles. The highest BCUT2D eigenvalue weighted by Gasteiger charge is 2.26. The Morgan fingerprint density at radius 3 is 2.56 bits per heavy atom. The van der Waals surface area contributed by atoms with Crippen LogP contribution in [0.4, 0.5) is 0 Å². The number of halogens is 1. The van der Waals surface area contributed by atoms with E-state index >= 15 is 0 Å². The fourth-order valence-electron chi connectivity index (χ4n) is 3.23. The first-order chi connectivity index (χ1) is 12.0. The standard InChI is InChI=1S/C20H25BrN2O2/c1-4-22-13-16(21)12-19(22)20(24)23-9-7-17(8-10-23)25-18-6-5-14(2)15(3)11-18/h5-6,11-13,17H,4,7-10H2,1-3H3. The topological polar surface area (TPSA) is 34.5 Å². The van der Waals surface area contributed by atoms with Crippen molar-refractivity contribution in [2.45, 2.75) is 46.3 Å². The van der Waals surface area contributed by atoms with E-state index < -0.39 is 0 Å². The molecule has 0 N–H and O–H groups in total. The third kappa shape index (κ3) is 4.09. The maximum absolute atomic E-state index is 12.8. The molecule has 1 fully saturated rings. The van der Waals surface area contributed by atoms with E-state index in [1.54, 1.807) is 0 Å². The molecular weight excluding hydrogens is 380 g/mol. The molecular formula is C20H25BrN2O2. The maximum atomic E-state index is 12.8. The second-order valence-corrected chi connectivity index (χ2v) is 7.60. The van der Waals surface area contributed by atoms with Gasteiger partial charge in [0.2, 0.25) is 0 Å². The van der Waals surface area contributed by atoms with Crippen LogP contribution in [0.1, 0.15) is 41.4 Å². The van der Waals surface area contributed by atoms with E-state index in [2.05, 4.69) is 41.9 Å². The van der Waals surface area contributed by atoms with Crippen LogP contribution in [0, 0.1) is 13.8 Å². The lowest BCUT2D eigenvalue weighted by Gasteiger charge is -2.32. The number of piperidine rings is 1. The summed E-state index contributed by atoms with van der Waals surface area (Å²) >= 11 is 3.46. The van der Waals surface area contributed by atoms with Crippen molar-refractivity contribution >= 4 is 21.8 Å². The van der Waals surface area contributed by atoms with Crippen LogP contribution in [0.5, 0.6) is 5.75 Å².